The van der Waals surface area contributed by atoms with Crippen molar-refractivity contribution in [1.29, 1.82) is 0 Å². The molecule has 2 aliphatic rings. The average molecular weight is 537 g/mol. The van der Waals surface area contributed by atoms with Crippen LogP contribution in [0.4, 0.5) is 26.6 Å². The fourth-order valence-electron chi connectivity index (χ4n) is 5.22. The molecule has 0 saturated carbocycles. The number of hydrogen-bond acceptors (Lipinski definition) is 8. The maximum Gasteiger partial charge on any atom is 0.231 e. The molecule has 2 N–H and O–H groups in total. The van der Waals surface area contributed by atoms with Gasteiger partial charge in [-0.1, -0.05) is 24.3 Å². The average Bonchev–Trinajstić information content (AvgIpc) is 2.96. The Kier molecular flexibility index (Phi) is 9.15. The molecule has 2 aliphatic heterocycles. The highest BCUT2D eigenvalue weighted by atomic mass is 19.1. The Morgan fingerprint density at radius 3 is 1.67 bits per heavy atom. The summed E-state index contributed by atoms with van der Waals surface area (Å²) in [6.07, 6.45) is 3.64. The fraction of sp³-hybridized carbons (Fsp3) is 0.483. The van der Waals surface area contributed by atoms with Gasteiger partial charge in [-0.2, -0.15) is 15.0 Å². The van der Waals surface area contributed by atoms with Crippen molar-refractivity contribution in [3.8, 4) is 0 Å². The van der Waals surface area contributed by atoms with E-state index in [4.69, 9.17) is 9.97 Å². The molecule has 8 nitrogen and oxygen atoms in total. The summed E-state index contributed by atoms with van der Waals surface area (Å²) in [6, 6.07) is 13.7. The van der Waals surface area contributed by atoms with E-state index in [1.807, 2.05) is 0 Å². The quantitative estimate of drug-likeness (QED) is 0.407. The number of likely N-dealkylation sites (N-methyl/N-ethyl adjacent to an activating group) is 1. The number of nitrogens with zero attached hydrogens (tertiary/aromatic N) is 6. The van der Waals surface area contributed by atoms with E-state index < -0.39 is 0 Å². The van der Waals surface area contributed by atoms with Gasteiger partial charge in [0.25, 0.3) is 0 Å². The van der Waals surface area contributed by atoms with Crippen LogP contribution in [0.2, 0.25) is 0 Å². The molecule has 3 heterocycles. The lowest BCUT2D eigenvalue weighted by atomic mass is 10.0. The topological polar surface area (TPSA) is 72.5 Å². The van der Waals surface area contributed by atoms with Crippen LogP contribution in [0.25, 0.3) is 0 Å². The van der Waals surface area contributed by atoms with Crippen molar-refractivity contribution in [2.75, 3.05) is 74.9 Å². The van der Waals surface area contributed by atoms with E-state index in [1.165, 1.54) is 24.3 Å². The van der Waals surface area contributed by atoms with Gasteiger partial charge in [0.05, 0.1) is 0 Å². The van der Waals surface area contributed by atoms with E-state index in [0.717, 1.165) is 76.1 Å². The van der Waals surface area contributed by atoms with Crippen molar-refractivity contribution in [3.05, 3.63) is 71.3 Å². The van der Waals surface area contributed by atoms with Crippen LogP contribution in [0, 0.1) is 11.6 Å². The minimum absolute atomic E-state index is 0.235. The van der Waals surface area contributed by atoms with Gasteiger partial charge < -0.3 is 20.4 Å². The van der Waals surface area contributed by atoms with Crippen LogP contribution >= 0.6 is 0 Å². The number of benzene rings is 2. The monoisotopic (exact) mass is 536 g/mol. The first-order chi connectivity index (χ1) is 19.0. The van der Waals surface area contributed by atoms with Crippen molar-refractivity contribution < 1.29 is 8.78 Å². The minimum atomic E-state index is -0.235. The van der Waals surface area contributed by atoms with Gasteiger partial charge >= 0.3 is 0 Å². The van der Waals surface area contributed by atoms with E-state index in [1.54, 1.807) is 24.3 Å². The molecular formula is C29H38F2N8. The van der Waals surface area contributed by atoms with Gasteiger partial charge in [0.15, 0.2) is 0 Å². The third-order valence-electron chi connectivity index (χ3n) is 7.65. The number of piperidine rings is 1. The molecule has 0 atom stereocenters. The second kappa shape index (κ2) is 13.1. The van der Waals surface area contributed by atoms with Crippen LogP contribution in [-0.4, -0.2) is 90.2 Å². The molecule has 0 bridgehead atoms. The van der Waals surface area contributed by atoms with Crippen LogP contribution in [0.15, 0.2) is 48.5 Å². The zero-order chi connectivity index (χ0) is 27.0. The van der Waals surface area contributed by atoms with E-state index in [0.29, 0.717) is 37.0 Å². The van der Waals surface area contributed by atoms with Crippen LogP contribution in [0.3, 0.4) is 0 Å². The summed E-state index contributed by atoms with van der Waals surface area (Å²) in [5, 5.41) is 6.66. The Balaban J connectivity index is 1.22. The van der Waals surface area contributed by atoms with Gasteiger partial charge in [-0.05, 0) is 68.1 Å². The molecule has 0 radical (unpaired) electrons. The van der Waals surface area contributed by atoms with E-state index >= 15 is 0 Å². The smallest absolute Gasteiger partial charge is 0.231 e. The Morgan fingerprint density at radius 2 is 1.18 bits per heavy atom. The van der Waals surface area contributed by atoms with Gasteiger partial charge in [-0.25, -0.2) is 8.78 Å². The molecule has 2 saturated heterocycles. The summed E-state index contributed by atoms with van der Waals surface area (Å²) in [5.74, 6) is 1.25. The molecule has 2 fully saturated rings. The second-order valence-electron chi connectivity index (χ2n) is 10.4. The Morgan fingerprint density at radius 1 is 0.692 bits per heavy atom. The van der Waals surface area contributed by atoms with Gasteiger partial charge in [0, 0.05) is 58.4 Å². The standard InChI is InChI=1S/C29H38F2N8/c1-37-18-20-38(21-19-37)26-12-16-39(17-13-26)29-35-27(32-14-10-22-2-6-24(30)7-3-22)34-28(36-29)33-15-11-23-4-8-25(31)9-5-23/h2-9,26H,10-21H2,1H3,(H2,32,33,34,35,36). The zero-order valence-electron chi connectivity index (χ0n) is 22.6. The van der Waals surface area contributed by atoms with Crippen molar-refractivity contribution in [2.45, 2.75) is 31.7 Å². The van der Waals surface area contributed by atoms with Crippen molar-refractivity contribution in [1.82, 2.24) is 24.8 Å². The third kappa shape index (κ3) is 7.83. The maximum atomic E-state index is 13.2. The van der Waals surface area contributed by atoms with Crippen LogP contribution in [-0.2, 0) is 12.8 Å². The van der Waals surface area contributed by atoms with Gasteiger partial charge in [-0.15, -0.1) is 0 Å². The minimum Gasteiger partial charge on any atom is -0.354 e. The predicted octanol–water partition coefficient (Wildman–Crippen LogP) is 3.68. The Hall–Kier alpha value is -3.37. The number of rotatable bonds is 10. The zero-order valence-corrected chi connectivity index (χ0v) is 22.6. The van der Waals surface area contributed by atoms with E-state index in [9.17, 15) is 8.78 Å². The highest BCUT2D eigenvalue weighted by Gasteiger charge is 2.28. The molecule has 10 heteroatoms. The number of halogens is 2. The SMILES string of the molecule is CN1CCN(C2CCN(c3nc(NCCc4ccc(F)cc4)nc(NCCc4ccc(F)cc4)n3)CC2)CC1. The van der Waals surface area contributed by atoms with Crippen LogP contribution in [0.1, 0.15) is 24.0 Å². The first kappa shape index (κ1) is 27.2. The lowest BCUT2D eigenvalue weighted by Crippen LogP contribution is -2.52. The van der Waals surface area contributed by atoms with E-state index in [2.05, 4.69) is 37.4 Å². The van der Waals surface area contributed by atoms with Gasteiger partial charge in [-0.3, -0.25) is 4.90 Å². The van der Waals surface area contributed by atoms with E-state index in [-0.39, 0.29) is 11.6 Å². The first-order valence-electron chi connectivity index (χ1n) is 13.9. The highest BCUT2D eigenvalue weighted by molar-refractivity contribution is 5.44. The molecule has 2 aromatic carbocycles. The molecule has 5 rings (SSSR count). The summed E-state index contributed by atoms with van der Waals surface area (Å²) in [6.45, 7) is 7.59. The van der Waals surface area contributed by atoms with Crippen molar-refractivity contribution in [3.63, 3.8) is 0 Å². The maximum absolute atomic E-state index is 13.2. The van der Waals surface area contributed by atoms with Crippen molar-refractivity contribution in [2.24, 2.45) is 0 Å². The number of nitrogens with one attached hydrogen (secondary N) is 2. The number of aromatic nitrogens is 3. The molecule has 3 aromatic rings. The summed E-state index contributed by atoms with van der Waals surface area (Å²) in [4.78, 5) is 21.4. The predicted molar refractivity (Wildman–Crippen MR) is 151 cm³/mol. The summed E-state index contributed by atoms with van der Waals surface area (Å²) < 4.78 is 26.5. The summed E-state index contributed by atoms with van der Waals surface area (Å²) >= 11 is 0. The Bertz CT molecular complexity index is 1110. The summed E-state index contributed by atoms with van der Waals surface area (Å²) in [5.41, 5.74) is 2.09. The molecule has 0 unspecified atom stereocenters. The number of piperazine rings is 1. The lowest BCUT2D eigenvalue weighted by molar-refractivity contribution is 0.0980. The number of hydrogen-bond donors (Lipinski definition) is 2. The van der Waals surface area contributed by atoms with Crippen molar-refractivity contribution >= 4 is 17.8 Å². The highest BCUT2D eigenvalue weighted by Crippen LogP contribution is 2.23. The number of anilines is 3. The molecule has 39 heavy (non-hydrogen) atoms. The molecule has 0 amide bonds. The molecular weight excluding hydrogens is 498 g/mol. The van der Waals surface area contributed by atoms with Crippen LogP contribution in [0.5, 0.6) is 0 Å². The van der Waals surface area contributed by atoms with Gasteiger partial charge in [0.1, 0.15) is 11.6 Å². The summed E-state index contributed by atoms with van der Waals surface area (Å²) in [7, 11) is 2.19. The molecule has 208 valence electrons. The fourth-order valence-corrected chi connectivity index (χ4v) is 5.22. The lowest BCUT2D eigenvalue weighted by Gasteiger charge is -2.42. The van der Waals surface area contributed by atoms with Gasteiger partial charge in [0.2, 0.25) is 17.8 Å². The molecule has 0 spiro atoms. The normalized spacial score (nSPS) is 17.4. The Labute approximate surface area is 229 Å². The first-order valence-corrected chi connectivity index (χ1v) is 13.9. The second-order valence-corrected chi connectivity index (χ2v) is 10.4. The molecule has 0 aliphatic carbocycles. The van der Waals surface area contributed by atoms with Crippen LogP contribution < -0.4 is 15.5 Å². The third-order valence-corrected chi connectivity index (χ3v) is 7.65. The molecule has 1 aromatic heterocycles. The largest absolute Gasteiger partial charge is 0.354 e.